The van der Waals surface area contributed by atoms with Crippen LogP contribution in [0.25, 0.3) is 0 Å². The molecule has 0 N–H and O–H groups in total. The SMILES string of the molecule is COC(=O)CC(C)(c1ccc(Cl)cc1)C(C)C. The van der Waals surface area contributed by atoms with Crippen molar-refractivity contribution in [1.82, 2.24) is 0 Å². The molecule has 0 spiro atoms. The highest BCUT2D eigenvalue weighted by molar-refractivity contribution is 6.30. The fourth-order valence-electron chi connectivity index (χ4n) is 1.84. The van der Waals surface area contributed by atoms with Crippen molar-refractivity contribution in [2.24, 2.45) is 5.92 Å². The summed E-state index contributed by atoms with van der Waals surface area (Å²) in [6.45, 7) is 6.30. The summed E-state index contributed by atoms with van der Waals surface area (Å²) >= 11 is 5.88. The summed E-state index contributed by atoms with van der Waals surface area (Å²) in [6, 6.07) is 7.67. The highest BCUT2D eigenvalue weighted by Crippen LogP contribution is 2.36. The van der Waals surface area contributed by atoms with E-state index in [1.165, 1.54) is 7.11 Å². The third-order valence-electron chi connectivity index (χ3n) is 3.52. The Bertz CT molecular complexity index is 384. The van der Waals surface area contributed by atoms with Crippen molar-refractivity contribution >= 4 is 17.6 Å². The maximum absolute atomic E-state index is 11.5. The smallest absolute Gasteiger partial charge is 0.306 e. The molecule has 0 aromatic heterocycles. The molecule has 2 nitrogen and oxygen atoms in total. The second kappa shape index (κ2) is 5.54. The predicted molar refractivity (Wildman–Crippen MR) is 70.3 cm³/mol. The molecule has 94 valence electrons. The molecule has 17 heavy (non-hydrogen) atoms. The third-order valence-corrected chi connectivity index (χ3v) is 3.77. The van der Waals surface area contributed by atoms with Crippen molar-refractivity contribution in [2.75, 3.05) is 7.11 Å². The topological polar surface area (TPSA) is 26.3 Å². The molecular formula is C14H19ClO2. The Morgan fingerprint density at radius 2 is 1.88 bits per heavy atom. The first-order valence-electron chi connectivity index (χ1n) is 5.73. The number of ether oxygens (including phenoxy) is 1. The maximum atomic E-state index is 11.5. The van der Waals surface area contributed by atoms with Crippen LogP contribution in [0.15, 0.2) is 24.3 Å². The number of rotatable bonds is 4. The fraction of sp³-hybridized carbons (Fsp3) is 0.500. The number of methoxy groups -OCH3 is 1. The van der Waals surface area contributed by atoms with E-state index in [0.29, 0.717) is 17.4 Å². The van der Waals surface area contributed by atoms with Crippen LogP contribution < -0.4 is 0 Å². The summed E-state index contributed by atoms with van der Waals surface area (Å²) < 4.78 is 4.78. The van der Waals surface area contributed by atoms with Gasteiger partial charge in [-0.1, -0.05) is 44.5 Å². The van der Waals surface area contributed by atoms with Crippen LogP contribution in [-0.2, 0) is 14.9 Å². The van der Waals surface area contributed by atoms with Gasteiger partial charge >= 0.3 is 5.97 Å². The zero-order valence-corrected chi connectivity index (χ0v) is 11.5. The predicted octanol–water partition coefficient (Wildman–Crippen LogP) is 3.82. The molecule has 0 saturated heterocycles. The van der Waals surface area contributed by atoms with Gasteiger partial charge in [0.15, 0.2) is 0 Å². The lowest BCUT2D eigenvalue weighted by molar-refractivity contribution is -0.142. The lowest BCUT2D eigenvalue weighted by atomic mass is 9.71. The lowest BCUT2D eigenvalue weighted by Crippen LogP contribution is -2.32. The van der Waals surface area contributed by atoms with E-state index in [1.54, 1.807) is 0 Å². The van der Waals surface area contributed by atoms with E-state index >= 15 is 0 Å². The summed E-state index contributed by atoms with van der Waals surface area (Å²) in [5, 5.41) is 0.706. The molecule has 0 saturated carbocycles. The van der Waals surface area contributed by atoms with E-state index in [0.717, 1.165) is 5.56 Å². The molecule has 0 fully saturated rings. The monoisotopic (exact) mass is 254 g/mol. The van der Waals surface area contributed by atoms with Gasteiger partial charge in [0.25, 0.3) is 0 Å². The van der Waals surface area contributed by atoms with E-state index in [1.807, 2.05) is 24.3 Å². The van der Waals surface area contributed by atoms with Crippen LogP contribution in [0.2, 0.25) is 5.02 Å². The molecule has 3 heteroatoms. The van der Waals surface area contributed by atoms with Crippen LogP contribution in [0.3, 0.4) is 0 Å². The number of carbonyl (C=O) groups is 1. The summed E-state index contributed by atoms with van der Waals surface area (Å²) in [5.74, 6) is 0.152. The van der Waals surface area contributed by atoms with Gasteiger partial charge in [-0.15, -0.1) is 0 Å². The number of halogens is 1. The van der Waals surface area contributed by atoms with Crippen molar-refractivity contribution in [3.05, 3.63) is 34.9 Å². The van der Waals surface area contributed by atoms with Crippen molar-refractivity contribution in [3.8, 4) is 0 Å². The average Bonchev–Trinajstić information content (AvgIpc) is 2.29. The Hall–Kier alpha value is -1.02. The van der Waals surface area contributed by atoms with Crippen LogP contribution >= 0.6 is 11.6 Å². The maximum Gasteiger partial charge on any atom is 0.306 e. The molecule has 1 rings (SSSR count). The zero-order valence-electron chi connectivity index (χ0n) is 10.8. The molecule has 0 amide bonds. The van der Waals surface area contributed by atoms with Crippen LogP contribution in [0.4, 0.5) is 0 Å². The van der Waals surface area contributed by atoms with E-state index in [-0.39, 0.29) is 11.4 Å². The normalized spacial score (nSPS) is 14.5. The summed E-state index contributed by atoms with van der Waals surface area (Å²) in [4.78, 5) is 11.5. The molecule has 1 atom stereocenters. The van der Waals surface area contributed by atoms with Gasteiger partial charge in [-0.3, -0.25) is 4.79 Å². The summed E-state index contributed by atoms with van der Waals surface area (Å²) in [6.07, 6.45) is 0.378. The number of esters is 1. The number of carbonyl (C=O) groups excluding carboxylic acids is 1. The molecule has 0 radical (unpaired) electrons. The van der Waals surface area contributed by atoms with Gasteiger partial charge in [0, 0.05) is 10.4 Å². The second-order valence-electron chi connectivity index (χ2n) is 4.83. The quantitative estimate of drug-likeness (QED) is 0.764. The van der Waals surface area contributed by atoms with Gasteiger partial charge in [-0.05, 0) is 23.6 Å². The number of hydrogen-bond acceptors (Lipinski definition) is 2. The number of benzene rings is 1. The standard InChI is InChI=1S/C14H19ClO2/c1-10(2)14(3,9-13(16)17-4)11-5-7-12(15)8-6-11/h5-8,10H,9H2,1-4H3. The third kappa shape index (κ3) is 3.22. The average molecular weight is 255 g/mol. The minimum atomic E-state index is -0.225. The molecule has 0 aliphatic heterocycles. The van der Waals surface area contributed by atoms with Gasteiger partial charge in [-0.25, -0.2) is 0 Å². The summed E-state index contributed by atoms with van der Waals surface area (Å²) in [7, 11) is 1.42. The van der Waals surface area contributed by atoms with Crippen LogP contribution in [0.5, 0.6) is 0 Å². The van der Waals surface area contributed by atoms with Crippen molar-refractivity contribution < 1.29 is 9.53 Å². The Balaban J connectivity index is 3.07. The van der Waals surface area contributed by atoms with Gasteiger partial charge in [0.05, 0.1) is 13.5 Å². The van der Waals surface area contributed by atoms with E-state index in [2.05, 4.69) is 20.8 Å². The molecule has 1 aromatic carbocycles. The Labute approximate surface area is 108 Å². The molecule has 1 unspecified atom stereocenters. The van der Waals surface area contributed by atoms with E-state index in [4.69, 9.17) is 16.3 Å². The fourth-order valence-corrected chi connectivity index (χ4v) is 1.97. The van der Waals surface area contributed by atoms with Crippen LogP contribution in [0.1, 0.15) is 32.8 Å². The zero-order chi connectivity index (χ0) is 13.1. The number of hydrogen-bond donors (Lipinski definition) is 0. The molecule has 0 bridgehead atoms. The van der Waals surface area contributed by atoms with Gasteiger partial charge in [0.2, 0.25) is 0 Å². The summed E-state index contributed by atoms with van der Waals surface area (Å²) in [5.41, 5.74) is 0.889. The molecule has 0 aliphatic rings. The lowest BCUT2D eigenvalue weighted by Gasteiger charge is -2.33. The minimum absolute atomic E-state index is 0.184. The van der Waals surface area contributed by atoms with E-state index in [9.17, 15) is 4.79 Å². The molecular weight excluding hydrogens is 236 g/mol. The van der Waals surface area contributed by atoms with Crippen molar-refractivity contribution in [1.29, 1.82) is 0 Å². The van der Waals surface area contributed by atoms with Crippen LogP contribution in [0, 0.1) is 5.92 Å². The Kier molecular flexibility index (Phi) is 4.58. The van der Waals surface area contributed by atoms with Gasteiger partial charge in [-0.2, -0.15) is 0 Å². The molecule has 0 heterocycles. The van der Waals surface area contributed by atoms with Gasteiger partial charge < -0.3 is 4.74 Å². The first-order valence-corrected chi connectivity index (χ1v) is 6.11. The highest BCUT2D eigenvalue weighted by Gasteiger charge is 2.33. The van der Waals surface area contributed by atoms with Gasteiger partial charge in [0.1, 0.15) is 0 Å². The molecule has 0 aliphatic carbocycles. The van der Waals surface area contributed by atoms with Crippen LogP contribution in [-0.4, -0.2) is 13.1 Å². The highest BCUT2D eigenvalue weighted by atomic mass is 35.5. The first kappa shape index (κ1) is 14.0. The first-order chi connectivity index (χ1) is 7.90. The minimum Gasteiger partial charge on any atom is -0.469 e. The molecule has 1 aromatic rings. The second-order valence-corrected chi connectivity index (χ2v) is 5.27. The Morgan fingerprint density at radius 3 is 2.29 bits per heavy atom. The van der Waals surface area contributed by atoms with E-state index < -0.39 is 0 Å². The van der Waals surface area contributed by atoms with Crippen molar-refractivity contribution in [3.63, 3.8) is 0 Å². The Morgan fingerprint density at radius 1 is 1.35 bits per heavy atom. The largest absolute Gasteiger partial charge is 0.469 e. The van der Waals surface area contributed by atoms with Crippen molar-refractivity contribution in [2.45, 2.75) is 32.6 Å².